The summed E-state index contributed by atoms with van der Waals surface area (Å²) < 4.78 is 5.44. The third-order valence-electron chi connectivity index (χ3n) is 4.16. The second-order valence-electron chi connectivity index (χ2n) is 5.68. The molecular weight excluding hydrogens is 238 g/mol. The van der Waals surface area contributed by atoms with E-state index in [2.05, 4.69) is 33.8 Å². The maximum absolute atomic E-state index is 9.55. The molecule has 0 aliphatic rings. The van der Waals surface area contributed by atoms with Crippen molar-refractivity contribution in [2.75, 3.05) is 13.7 Å². The maximum Gasteiger partial charge on any atom is 0.124 e. The summed E-state index contributed by atoms with van der Waals surface area (Å²) >= 11 is 0. The first-order valence-electron chi connectivity index (χ1n) is 6.86. The van der Waals surface area contributed by atoms with Crippen LogP contribution in [-0.4, -0.2) is 18.8 Å². The molecule has 1 aromatic carbocycles. The van der Waals surface area contributed by atoms with Crippen LogP contribution in [0, 0.1) is 32.6 Å². The summed E-state index contributed by atoms with van der Waals surface area (Å²) in [5.74, 6) is 1.35. The van der Waals surface area contributed by atoms with E-state index in [9.17, 15) is 5.11 Å². The molecule has 0 heterocycles. The first kappa shape index (κ1) is 16.0. The number of methoxy groups -OCH3 is 1. The van der Waals surface area contributed by atoms with E-state index in [1.165, 1.54) is 0 Å². The predicted octanol–water partition coefficient (Wildman–Crippen LogP) is 2.88. The predicted molar refractivity (Wildman–Crippen MR) is 79.5 cm³/mol. The number of hydrogen-bond donors (Lipinski definition) is 2. The molecule has 0 bridgehead atoms. The second kappa shape index (κ2) is 6.40. The van der Waals surface area contributed by atoms with Crippen LogP contribution in [0.5, 0.6) is 5.75 Å². The van der Waals surface area contributed by atoms with Crippen molar-refractivity contribution in [3.05, 3.63) is 28.3 Å². The highest BCUT2D eigenvalue weighted by Crippen LogP contribution is 2.34. The zero-order chi connectivity index (χ0) is 14.7. The first-order valence-corrected chi connectivity index (χ1v) is 6.86. The minimum Gasteiger partial charge on any atom is -0.496 e. The zero-order valence-electron chi connectivity index (χ0n) is 12.9. The Morgan fingerprint density at radius 3 is 2.21 bits per heavy atom. The normalized spacial score (nSPS) is 14.6. The van der Waals surface area contributed by atoms with Gasteiger partial charge < -0.3 is 15.6 Å². The number of nitrogens with two attached hydrogens (primary N) is 1. The molecule has 0 saturated carbocycles. The molecule has 0 aliphatic carbocycles. The van der Waals surface area contributed by atoms with Gasteiger partial charge in [-0.1, -0.05) is 19.9 Å². The lowest BCUT2D eigenvalue weighted by atomic mass is 9.82. The number of benzene rings is 1. The average molecular weight is 265 g/mol. The quantitative estimate of drug-likeness (QED) is 0.860. The summed E-state index contributed by atoms with van der Waals surface area (Å²) in [6.45, 7) is 10.5. The van der Waals surface area contributed by atoms with Crippen LogP contribution in [0.3, 0.4) is 0 Å². The van der Waals surface area contributed by atoms with Crippen molar-refractivity contribution < 1.29 is 9.84 Å². The van der Waals surface area contributed by atoms with Gasteiger partial charge in [0.2, 0.25) is 0 Å². The number of hydrogen-bond acceptors (Lipinski definition) is 3. The van der Waals surface area contributed by atoms with Crippen molar-refractivity contribution in [1.29, 1.82) is 0 Å². The van der Waals surface area contributed by atoms with Gasteiger partial charge in [-0.25, -0.2) is 0 Å². The highest BCUT2D eigenvalue weighted by Gasteiger charge is 2.25. The number of rotatable bonds is 5. The Balaban J connectivity index is 3.28. The van der Waals surface area contributed by atoms with Crippen molar-refractivity contribution in [2.45, 2.75) is 40.7 Å². The van der Waals surface area contributed by atoms with Crippen molar-refractivity contribution in [3.8, 4) is 5.75 Å². The lowest BCUT2D eigenvalue weighted by molar-refractivity contribution is 0.165. The SMILES string of the molecule is COc1c(C)cc(C(N)C(CO)C(C)C)c(C)c1C. The highest BCUT2D eigenvalue weighted by atomic mass is 16.5. The zero-order valence-corrected chi connectivity index (χ0v) is 12.9. The number of ether oxygens (including phenoxy) is 1. The van der Waals surface area contributed by atoms with Crippen LogP contribution in [0.4, 0.5) is 0 Å². The smallest absolute Gasteiger partial charge is 0.124 e. The van der Waals surface area contributed by atoms with Gasteiger partial charge in [0, 0.05) is 18.6 Å². The Labute approximate surface area is 116 Å². The number of aryl methyl sites for hydroxylation is 1. The van der Waals surface area contributed by atoms with E-state index in [-0.39, 0.29) is 18.6 Å². The van der Waals surface area contributed by atoms with E-state index in [1.807, 2.05) is 6.92 Å². The van der Waals surface area contributed by atoms with E-state index in [4.69, 9.17) is 10.5 Å². The van der Waals surface area contributed by atoms with Crippen LogP contribution in [-0.2, 0) is 0 Å². The third kappa shape index (κ3) is 3.10. The van der Waals surface area contributed by atoms with Gasteiger partial charge in [-0.05, 0) is 48.9 Å². The van der Waals surface area contributed by atoms with Crippen molar-refractivity contribution in [1.82, 2.24) is 0 Å². The van der Waals surface area contributed by atoms with Crippen molar-refractivity contribution in [3.63, 3.8) is 0 Å². The molecule has 0 radical (unpaired) electrons. The molecular formula is C16H27NO2. The minimum atomic E-state index is -0.145. The monoisotopic (exact) mass is 265 g/mol. The Kier molecular flexibility index (Phi) is 5.39. The molecule has 1 rings (SSSR count). The summed E-state index contributed by atoms with van der Waals surface area (Å²) in [6.07, 6.45) is 0. The molecule has 19 heavy (non-hydrogen) atoms. The molecule has 2 atom stereocenters. The Morgan fingerprint density at radius 2 is 1.79 bits per heavy atom. The van der Waals surface area contributed by atoms with E-state index >= 15 is 0 Å². The van der Waals surface area contributed by atoms with Crippen LogP contribution in [0.1, 0.15) is 42.1 Å². The van der Waals surface area contributed by atoms with E-state index < -0.39 is 0 Å². The lowest BCUT2D eigenvalue weighted by Gasteiger charge is -2.28. The van der Waals surface area contributed by atoms with Gasteiger partial charge in [0.1, 0.15) is 5.75 Å². The summed E-state index contributed by atoms with van der Waals surface area (Å²) in [4.78, 5) is 0. The summed E-state index contributed by atoms with van der Waals surface area (Å²) in [5, 5.41) is 9.55. The molecule has 2 unspecified atom stereocenters. The molecule has 3 nitrogen and oxygen atoms in total. The Bertz CT molecular complexity index is 441. The van der Waals surface area contributed by atoms with Crippen molar-refractivity contribution >= 4 is 0 Å². The molecule has 0 amide bonds. The summed E-state index contributed by atoms with van der Waals surface area (Å²) in [5.41, 5.74) is 10.9. The molecule has 0 saturated heterocycles. The van der Waals surface area contributed by atoms with E-state index in [0.29, 0.717) is 5.92 Å². The van der Waals surface area contributed by atoms with Gasteiger partial charge in [-0.3, -0.25) is 0 Å². The second-order valence-corrected chi connectivity index (χ2v) is 5.68. The first-order chi connectivity index (χ1) is 8.84. The van der Waals surface area contributed by atoms with E-state index in [1.54, 1.807) is 7.11 Å². The van der Waals surface area contributed by atoms with Crippen LogP contribution in [0.15, 0.2) is 6.07 Å². The topological polar surface area (TPSA) is 55.5 Å². The number of aliphatic hydroxyl groups is 1. The lowest BCUT2D eigenvalue weighted by Crippen LogP contribution is -2.29. The number of aliphatic hydroxyl groups excluding tert-OH is 1. The molecule has 0 aromatic heterocycles. The fourth-order valence-electron chi connectivity index (χ4n) is 2.72. The average Bonchev–Trinajstić information content (AvgIpc) is 2.34. The fourth-order valence-corrected chi connectivity index (χ4v) is 2.72. The van der Waals surface area contributed by atoms with Crippen LogP contribution in [0.25, 0.3) is 0 Å². The van der Waals surface area contributed by atoms with Gasteiger partial charge in [0.05, 0.1) is 7.11 Å². The van der Waals surface area contributed by atoms with Crippen LogP contribution >= 0.6 is 0 Å². The Morgan fingerprint density at radius 1 is 1.21 bits per heavy atom. The molecule has 3 heteroatoms. The third-order valence-corrected chi connectivity index (χ3v) is 4.16. The fraction of sp³-hybridized carbons (Fsp3) is 0.625. The van der Waals surface area contributed by atoms with E-state index in [0.717, 1.165) is 28.0 Å². The Hall–Kier alpha value is -1.06. The van der Waals surface area contributed by atoms with Crippen molar-refractivity contribution in [2.24, 2.45) is 17.6 Å². The minimum absolute atomic E-state index is 0.0749. The molecule has 1 aromatic rings. The van der Waals surface area contributed by atoms with Crippen LogP contribution in [0.2, 0.25) is 0 Å². The van der Waals surface area contributed by atoms with Gasteiger partial charge in [0.25, 0.3) is 0 Å². The molecule has 3 N–H and O–H groups in total. The van der Waals surface area contributed by atoms with Crippen LogP contribution < -0.4 is 10.5 Å². The molecule has 0 spiro atoms. The largest absolute Gasteiger partial charge is 0.496 e. The maximum atomic E-state index is 9.55. The van der Waals surface area contributed by atoms with Gasteiger partial charge in [-0.15, -0.1) is 0 Å². The molecule has 108 valence electrons. The van der Waals surface area contributed by atoms with Gasteiger partial charge in [0.15, 0.2) is 0 Å². The van der Waals surface area contributed by atoms with Gasteiger partial charge in [-0.2, -0.15) is 0 Å². The molecule has 0 aliphatic heterocycles. The standard InChI is InChI=1S/C16H27NO2/c1-9(2)14(8-18)15(17)13-7-10(3)16(19-6)12(5)11(13)4/h7,9,14-15,18H,8,17H2,1-6H3. The highest BCUT2D eigenvalue weighted by molar-refractivity contribution is 5.50. The summed E-state index contributed by atoms with van der Waals surface area (Å²) in [6, 6.07) is 1.95. The molecule has 0 fully saturated rings. The van der Waals surface area contributed by atoms with Gasteiger partial charge >= 0.3 is 0 Å². The summed E-state index contributed by atoms with van der Waals surface area (Å²) in [7, 11) is 1.69.